The summed E-state index contributed by atoms with van der Waals surface area (Å²) < 4.78 is 19.3. The lowest BCUT2D eigenvalue weighted by Crippen LogP contribution is -2.12. The van der Waals surface area contributed by atoms with Crippen LogP contribution in [0.5, 0.6) is 5.75 Å². The van der Waals surface area contributed by atoms with Gasteiger partial charge in [0.25, 0.3) is 0 Å². The Hall–Kier alpha value is -0.0900. The van der Waals surface area contributed by atoms with Crippen LogP contribution in [0.15, 0.2) is 22.7 Å². The molecule has 1 nitrogen and oxygen atoms in total. The monoisotopic (exact) mass is 338 g/mol. The van der Waals surface area contributed by atoms with Crippen molar-refractivity contribution < 1.29 is 9.13 Å². The first-order valence-corrected chi connectivity index (χ1v) is 6.72. The first kappa shape index (κ1) is 13.0. The van der Waals surface area contributed by atoms with Gasteiger partial charge in [0, 0.05) is 17.3 Å². The topological polar surface area (TPSA) is 9.23 Å². The fourth-order valence-electron chi connectivity index (χ4n) is 1.07. The average molecular weight is 340 g/mol. The van der Waals surface area contributed by atoms with E-state index >= 15 is 0 Å². The van der Waals surface area contributed by atoms with Crippen molar-refractivity contribution in [2.45, 2.75) is 13.3 Å². The molecule has 4 heteroatoms. The van der Waals surface area contributed by atoms with Gasteiger partial charge in [-0.1, -0.05) is 22.9 Å². The van der Waals surface area contributed by atoms with Gasteiger partial charge in [-0.15, -0.1) is 0 Å². The predicted octanol–water partition coefficient (Wildman–Crippen LogP) is 4.39. The molecule has 0 fully saturated rings. The van der Waals surface area contributed by atoms with Gasteiger partial charge in [-0.05, 0) is 34.5 Å². The van der Waals surface area contributed by atoms with E-state index in [4.69, 9.17) is 4.74 Å². The van der Waals surface area contributed by atoms with E-state index in [0.717, 1.165) is 16.2 Å². The van der Waals surface area contributed by atoms with Crippen molar-refractivity contribution in [3.8, 4) is 5.75 Å². The van der Waals surface area contributed by atoms with Gasteiger partial charge in [-0.2, -0.15) is 0 Å². The Morgan fingerprint density at radius 2 is 2.20 bits per heavy atom. The molecular weight excluding hydrogens is 327 g/mol. The zero-order valence-electron chi connectivity index (χ0n) is 8.47. The van der Waals surface area contributed by atoms with E-state index in [2.05, 4.69) is 38.8 Å². The molecule has 0 saturated carbocycles. The summed E-state index contributed by atoms with van der Waals surface area (Å²) in [5, 5.41) is 0.899. The van der Waals surface area contributed by atoms with Crippen molar-refractivity contribution in [1.82, 2.24) is 0 Å². The van der Waals surface area contributed by atoms with Crippen molar-refractivity contribution in [2.24, 2.45) is 5.92 Å². The molecule has 1 atom stereocenters. The summed E-state index contributed by atoms with van der Waals surface area (Å²) >= 11 is 6.74. The largest absolute Gasteiger partial charge is 0.492 e. The highest BCUT2D eigenvalue weighted by Gasteiger charge is 2.08. The second kappa shape index (κ2) is 6.48. The third-order valence-electron chi connectivity index (χ3n) is 2.16. The standard InChI is InChI=1S/C11H13Br2FO/c1-2-8(6-12)7-15-11-5-9(14)3-4-10(11)13/h3-5,8H,2,6-7H2,1H3. The first-order valence-electron chi connectivity index (χ1n) is 4.81. The van der Waals surface area contributed by atoms with Crippen LogP contribution >= 0.6 is 31.9 Å². The predicted molar refractivity (Wildman–Crippen MR) is 67.2 cm³/mol. The smallest absolute Gasteiger partial charge is 0.136 e. The molecule has 0 bridgehead atoms. The minimum Gasteiger partial charge on any atom is -0.492 e. The minimum atomic E-state index is -0.278. The fourth-order valence-corrected chi connectivity index (χ4v) is 2.07. The summed E-state index contributed by atoms with van der Waals surface area (Å²) in [6.07, 6.45) is 1.04. The highest BCUT2D eigenvalue weighted by molar-refractivity contribution is 9.10. The van der Waals surface area contributed by atoms with Gasteiger partial charge in [0.2, 0.25) is 0 Å². The van der Waals surface area contributed by atoms with Crippen LogP contribution in [0.25, 0.3) is 0 Å². The van der Waals surface area contributed by atoms with Crippen LogP contribution in [0.1, 0.15) is 13.3 Å². The van der Waals surface area contributed by atoms with Crippen molar-refractivity contribution in [3.63, 3.8) is 0 Å². The van der Waals surface area contributed by atoms with Gasteiger partial charge in [0.15, 0.2) is 0 Å². The zero-order valence-corrected chi connectivity index (χ0v) is 11.6. The molecule has 0 saturated heterocycles. The summed E-state index contributed by atoms with van der Waals surface area (Å²) in [4.78, 5) is 0. The van der Waals surface area contributed by atoms with Crippen LogP contribution in [-0.2, 0) is 0 Å². The SMILES string of the molecule is CCC(CBr)COc1cc(F)ccc1Br. The number of alkyl halides is 1. The summed E-state index contributed by atoms with van der Waals surface area (Å²) in [5.41, 5.74) is 0. The van der Waals surface area contributed by atoms with Crippen LogP contribution in [0.2, 0.25) is 0 Å². The van der Waals surface area contributed by atoms with Crippen LogP contribution in [0.4, 0.5) is 4.39 Å². The Balaban J connectivity index is 2.60. The van der Waals surface area contributed by atoms with Crippen LogP contribution < -0.4 is 4.74 Å². The fraction of sp³-hybridized carbons (Fsp3) is 0.455. The van der Waals surface area contributed by atoms with Crippen LogP contribution in [0.3, 0.4) is 0 Å². The Morgan fingerprint density at radius 1 is 1.47 bits per heavy atom. The highest BCUT2D eigenvalue weighted by atomic mass is 79.9. The molecule has 15 heavy (non-hydrogen) atoms. The molecule has 0 radical (unpaired) electrons. The molecule has 0 aliphatic rings. The van der Waals surface area contributed by atoms with E-state index in [0.29, 0.717) is 18.3 Å². The highest BCUT2D eigenvalue weighted by Crippen LogP contribution is 2.26. The Bertz CT molecular complexity index is 313. The molecule has 84 valence electrons. The first-order chi connectivity index (χ1) is 7.17. The van der Waals surface area contributed by atoms with Gasteiger partial charge in [-0.3, -0.25) is 0 Å². The van der Waals surface area contributed by atoms with Crippen molar-refractivity contribution in [1.29, 1.82) is 0 Å². The second-order valence-electron chi connectivity index (χ2n) is 3.31. The molecule has 0 amide bonds. The van der Waals surface area contributed by atoms with E-state index in [1.807, 2.05) is 0 Å². The number of benzene rings is 1. The van der Waals surface area contributed by atoms with E-state index < -0.39 is 0 Å². The van der Waals surface area contributed by atoms with Gasteiger partial charge in [0.05, 0.1) is 11.1 Å². The van der Waals surface area contributed by atoms with Gasteiger partial charge >= 0.3 is 0 Å². The molecule has 0 aliphatic carbocycles. The number of rotatable bonds is 5. The number of ether oxygens (including phenoxy) is 1. The number of hydrogen-bond acceptors (Lipinski definition) is 1. The van der Waals surface area contributed by atoms with E-state index in [1.54, 1.807) is 6.07 Å². The molecule has 0 N–H and O–H groups in total. The second-order valence-corrected chi connectivity index (χ2v) is 4.82. The maximum absolute atomic E-state index is 12.9. The van der Waals surface area contributed by atoms with Gasteiger partial charge in [-0.25, -0.2) is 4.39 Å². The summed E-state index contributed by atoms with van der Waals surface area (Å²) in [5.74, 6) is 0.745. The lowest BCUT2D eigenvalue weighted by Gasteiger charge is -2.14. The summed E-state index contributed by atoms with van der Waals surface area (Å²) in [6.45, 7) is 2.71. The maximum Gasteiger partial charge on any atom is 0.136 e. The number of hydrogen-bond donors (Lipinski definition) is 0. The normalized spacial score (nSPS) is 12.5. The molecule has 1 unspecified atom stereocenters. The maximum atomic E-state index is 12.9. The van der Waals surface area contributed by atoms with Gasteiger partial charge in [0.1, 0.15) is 11.6 Å². The van der Waals surface area contributed by atoms with E-state index in [1.165, 1.54) is 12.1 Å². The average Bonchev–Trinajstić information content (AvgIpc) is 2.24. The lowest BCUT2D eigenvalue weighted by atomic mass is 10.1. The molecule has 1 rings (SSSR count). The third-order valence-corrected chi connectivity index (χ3v) is 3.73. The summed E-state index contributed by atoms with van der Waals surface area (Å²) in [6, 6.07) is 4.45. The van der Waals surface area contributed by atoms with Crippen LogP contribution in [0, 0.1) is 11.7 Å². The van der Waals surface area contributed by atoms with Crippen molar-refractivity contribution in [3.05, 3.63) is 28.5 Å². The zero-order chi connectivity index (χ0) is 11.3. The number of halogens is 3. The van der Waals surface area contributed by atoms with Crippen molar-refractivity contribution in [2.75, 3.05) is 11.9 Å². The Kier molecular flexibility index (Phi) is 5.61. The molecule has 0 spiro atoms. The van der Waals surface area contributed by atoms with E-state index in [9.17, 15) is 4.39 Å². The Morgan fingerprint density at radius 3 is 2.80 bits per heavy atom. The Labute approximate surface area is 106 Å². The minimum absolute atomic E-state index is 0.278. The molecule has 0 aliphatic heterocycles. The molecule has 1 aromatic carbocycles. The molecule has 0 heterocycles. The van der Waals surface area contributed by atoms with Gasteiger partial charge < -0.3 is 4.74 Å². The molecule has 1 aromatic rings. The quantitative estimate of drug-likeness (QED) is 0.723. The third kappa shape index (κ3) is 4.11. The van der Waals surface area contributed by atoms with E-state index in [-0.39, 0.29) is 5.82 Å². The molecule has 0 aromatic heterocycles. The molecular formula is C11H13Br2FO. The van der Waals surface area contributed by atoms with Crippen LogP contribution in [-0.4, -0.2) is 11.9 Å². The lowest BCUT2D eigenvalue weighted by molar-refractivity contribution is 0.257. The van der Waals surface area contributed by atoms with Crippen molar-refractivity contribution >= 4 is 31.9 Å². The summed E-state index contributed by atoms with van der Waals surface area (Å²) in [7, 11) is 0.